The molecule has 0 fully saturated rings. The van der Waals surface area contributed by atoms with Crippen LogP contribution in [0.1, 0.15) is 33.4 Å². The molecule has 1 aromatic heterocycles. The van der Waals surface area contributed by atoms with Crippen LogP contribution >= 0.6 is 0 Å². The van der Waals surface area contributed by atoms with Crippen LogP contribution in [0.2, 0.25) is 0 Å². The first kappa shape index (κ1) is 43.2. The van der Waals surface area contributed by atoms with Crippen LogP contribution in [-0.4, -0.2) is 4.57 Å². The smallest absolute Gasteiger partial charge is 0.0541 e. The lowest BCUT2D eigenvalue weighted by Crippen LogP contribution is -2.10. The van der Waals surface area contributed by atoms with Gasteiger partial charge in [0.1, 0.15) is 0 Å². The summed E-state index contributed by atoms with van der Waals surface area (Å²) in [5.41, 5.74) is 24.8. The van der Waals surface area contributed by atoms with Crippen LogP contribution < -0.4 is 9.80 Å². The van der Waals surface area contributed by atoms with Gasteiger partial charge in [-0.1, -0.05) is 150 Å². The second kappa shape index (κ2) is 18.0. The summed E-state index contributed by atoms with van der Waals surface area (Å²) in [6.45, 7) is 13.1. The van der Waals surface area contributed by atoms with Crippen LogP contribution in [0.25, 0.3) is 60.9 Å². The first-order valence-electron chi connectivity index (χ1n) is 24.0. The van der Waals surface area contributed by atoms with Crippen LogP contribution in [0.3, 0.4) is 0 Å². The number of anilines is 6. The highest BCUT2D eigenvalue weighted by Gasteiger charge is 2.22. The van der Waals surface area contributed by atoms with Gasteiger partial charge in [0.15, 0.2) is 0 Å². The Morgan fingerprint density at radius 3 is 1.04 bits per heavy atom. The number of para-hydroxylation sites is 2. The largest absolute Gasteiger partial charge is 0.310 e. The van der Waals surface area contributed by atoms with Gasteiger partial charge in [0.25, 0.3) is 0 Å². The third-order valence-corrected chi connectivity index (χ3v) is 13.7. The van der Waals surface area contributed by atoms with Crippen LogP contribution in [0, 0.1) is 41.5 Å². The zero-order valence-corrected chi connectivity index (χ0v) is 40.2. The van der Waals surface area contributed by atoms with Crippen molar-refractivity contribution in [2.45, 2.75) is 41.5 Å². The fourth-order valence-electron chi connectivity index (χ4n) is 10.2. The SMILES string of the molecule is Cc1ccc(N(c2ccc(C)cc2)c2ccc(-c3cccc(-c4ccc(N(c5ccc(C)cc5)c5ccc(C)cc5)cc4C)c3-c3cccc(-n4c5ccccc5c5ccccc54)c3)c(C)c2)cc1. The molecule has 0 aliphatic heterocycles. The molecule has 0 aliphatic carbocycles. The molecule has 0 unspecified atom stereocenters. The van der Waals surface area contributed by atoms with Gasteiger partial charge in [-0.25, -0.2) is 0 Å². The van der Waals surface area contributed by atoms with Gasteiger partial charge >= 0.3 is 0 Å². The predicted octanol–water partition coefficient (Wildman–Crippen LogP) is 18.6. The minimum Gasteiger partial charge on any atom is -0.310 e. The maximum Gasteiger partial charge on any atom is 0.0541 e. The van der Waals surface area contributed by atoms with Gasteiger partial charge in [-0.05, 0) is 183 Å². The number of aromatic nitrogens is 1. The minimum atomic E-state index is 1.12. The highest BCUT2D eigenvalue weighted by molar-refractivity contribution is 6.09. The topological polar surface area (TPSA) is 11.4 Å². The van der Waals surface area contributed by atoms with Gasteiger partial charge in [-0.15, -0.1) is 0 Å². The summed E-state index contributed by atoms with van der Waals surface area (Å²) >= 11 is 0. The van der Waals surface area contributed by atoms with Crippen LogP contribution in [0.4, 0.5) is 34.1 Å². The Labute approximate surface area is 406 Å². The molecule has 3 heteroatoms. The molecule has 0 radical (unpaired) electrons. The van der Waals surface area contributed by atoms with E-state index >= 15 is 0 Å². The quantitative estimate of drug-likeness (QED) is 0.136. The van der Waals surface area contributed by atoms with Crippen molar-refractivity contribution in [1.82, 2.24) is 4.57 Å². The molecule has 11 aromatic rings. The highest BCUT2D eigenvalue weighted by Crippen LogP contribution is 2.46. The van der Waals surface area contributed by atoms with E-state index < -0.39 is 0 Å². The van der Waals surface area contributed by atoms with E-state index in [1.807, 2.05) is 0 Å². The van der Waals surface area contributed by atoms with E-state index in [0.717, 1.165) is 45.4 Å². The number of hydrogen-bond acceptors (Lipinski definition) is 2. The summed E-state index contributed by atoms with van der Waals surface area (Å²) < 4.78 is 2.42. The zero-order chi connectivity index (χ0) is 47.2. The Morgan fingerprint density at radius 1 is 0.290 bits per heavy atom. The molecule has 0 N–H and O–H groups in total. The van der Waals surface area contributed by atoms with Gasteiger partial charge in [-0.2, -0.15) is 0 Å². The third kappa shape index (κ3) is 8.17. The van der Waals surface area contributed by atoms with Gasteiger partial charge in [0.05, 0.1) is 11.0 Å². The minimum absolute atomic E-state index is 1.12. The lowest BCUT2D eigenvalue weighted by molar-refractivity contribution is 1.18. The number of aryl methyl sites for hydroxylation is 6. The molecular formula is C66H55N3. The number of nitrogens with zero attached hydrogens (tertiary/aromatic N) is 3. The van der Waals surface area contributed by atoms with E-state index in [9.17, 15) is 0 Å². The number of benzene rings is 10. The highest BCUT2D eigenvalue weighted by atomic mass is 15.1. The molecule has 334 valence electrons. The van der Waals surface area contributed by atoms with E-state index in [-0.39, 0.29) is 0 Å². The molecule has 0 atom stereocenters. The maximum atomic E-state index is 2.42. The normalized spacial score (nSPS) is 11.3. The molecule has 0 amide bonds. The fourth-order valence-corrected chi connectivity index (χ4v) is 10.2. The van der Waals surface area contributed by atoms with E-state index in [2.05, 4.69) is 280 Å². The molecule has 3 nitrogen and oxygen atoms in total. The Morgan fingerprint density at radius 2 is 0.652 bits per heavy atom. The van der Waals surface area contributed by atoms with Crippen molar-refractivity contribution in [3.05, 3.63) is 258 Å². The number of fused-ring (bicyclic) bond motifs is 3. The van der Waals surface area contributed by atoms with Gasteiger partial charge in [-0.3, -0.25) is 0 Å². The average Bonchev–Trinajstić information content (AvgIpc) is 3.71. The summed E-state index contributed by atoms with van der Waals surface area (Å²) in [4.78, 5) is 4.73. The third-order valence-electron chi connectivity index (χ3n) is 13.7. The van der Waals surface area contributed by atoms with Crippen LogP contribution in [0.15, 0.2) is 224 Å². The molecule has 0 spiro atoms. The van der Waals surface area contributed by atoms with Crippen LogP contribution in [-0.2, 0) is 0 Å². The van der Waals surface area contributed by atoms with E-state index in [4.69, 9.17) is 0 Å². The molecule has 10 aromatic carbocycles. The first-order chi connectivity index (χ1) is 33.7. The van der Waals surface area contributed by atoms with Crippen molar-refractivity contribution in [2.24, 2.45) is 0 Å². The molecule has 0 bridgehead atoms. The molecular weight excluding hydrogens is 835 g/mol. The Bertz CT molecular complexity index is 3350. The lowest BCUT2D eigenvalue weighted by Gasteiger charge is -2.27. The van der Waals surface area contributed by atoms with Crippen molar-refractivity contribution in [2.75, 3.05) is 9.80 Å². The molecule has 11 rings (SSSR count). The van der Waals surface area contributed by atoms with Gasteiger partial charge in [0.2, 0.25) is 0 Å². The Hall–Kier alpha value is -8.40. The summed E-state index contributed by atoms with van der Waals surface area (Å²) in [6, 6.07) is 82.8. The van der Waals surface area contributed by atoms with E-state index in [0.29, 0.717) is 0 Å². The molecule has 0 saturated heterocycles. The molecule has 0 aliphatic rings. The number of rotatable bonds is 10. The molecule has 0 saturated carbocycles. The summed E-state index contributed by atoms with van der Waals surface area (Å²) in [5, 5.41) is 2.50. The van der Waals surface area contributed by atoms with Crippen molar-refractivity contribution >= 4 is 55.9 Å². The number of hydrogen-bond donors (Lipinski definition) is 0. The van der Waals surface area contributed by atoms with Crippen molar-refractivity contribution in [3.8, 4) is 39.1 Å². The Kier molecular flexibility index (Phi) is 11.3. The summed E-state index contributed by atoms with van der Waals surface area (Å²) in [6.07, 6.45) is 0. The summed E-state index contributed by atoms with van der Waals surface area (Å²) in [7, 11) is 0. The van der Waals surface area contributed by atoms with Gasteiger partial charge < -0.3 is 14.4 Å². The fraction of sp³-hybridized carbons (Fsp3) is 0.0909. The van der Waals surface area contributed by atoms with Crippen molar-refractivity contribution < 1.29 is 0 Å². The zero-order valence-electron chi connectivity index (χ0n) is 40.2. The lowest BCUT2D eigenvalue weighted by atomic mass is 9.85. The Balaban J connectivity index is 1.10. The van der Waals surface area contributed by atoms with Crippen molar-refractivity contribution in [3.63, 3.8) is 0 Å². The first-order valence-corrected chi connectivity index (χ1v) is 24.0. The summed E-state index contributed by atoms with van der Waals surface area (Å²) in [5.74, 6) is 0. The van der Waals surface area contributed by atoms with E-state index in [1.54, 1.807) is 0 Å². The standard InChI is InChI=1S/C66H55N3/c1-44-21-29-51(30-22-44)67(52-31-23-45(2)24-32-52)56-37-39-58(48(5)41-56)62-17-12-18-63(59-40-38-57(42-49(59)6)68(53-33-25-46(3)26-34-53)54-35-27-47(4)28-36-54)66(62)50-13-11-14-55(43-50)69-64-19-9-7-15-60(64)61-16-8-10-20-65(61)69/h7-43H,1-6H3. The predicted molar refractivity (Wildman–Crippen MR) is 295 cm³/mol. The molecule has 69 heavy (non-hydrogen) atoms. The maximum absolute atomic E-state index is 2.42. The van der Waals surface area contributed by atoms with Gasteiger partial charge in [0, 0.05) is 50.6 Å². The second-order valence-electron chi connectivity index (χ2n) is 18.7. The average molecular weight is 890 g/mol. The monoisotopic (exact) mass is 889 g/mol. The van der Waals surface area contributed by atoms with Crippen molar-refractivity contribution in [1.29, 1.82) is 0 Å². The van der Waals surface area contributed by atoms with Crippen LogP contribution in [0.5, 0.6) is 0 Å². The second-order valence-corrected chi connectivity index (χ2v) is 18.7. The molecule has 1 heterocycles. The van der Waals surface area contributed by atoms with E-state index in [1.165, 1.54) is 83.0 Å².